The third-order valence-electron chi connectivity index (χ3n) is 4.14. The number of methoxy groups -OCH3 is 1. The van der Waals surface area contributed by atoms with Crippen LogP contribution in [0.4, 0.5) is 5.69 Å². The van der Waals surface area contributed by atoms with Gasteiger partial charge in [-0.05, 0) is 24.3 Å². The molecular weight excluding hydrogens is 440 g/mol. The fraction of sp³-hybridized carbons (Fsp3) is 0.150. The summed E-state index contributed by atoms with van der Waals surface area (Å²) in [5, 5.41) is 12.6. The molecule has 1 aromatic heterocycles. The Bertz CT molecular complexity index is 1030. The first-order chi connectivity index (χ1) is 13.7. The van der Waals surface area contributed by atoms with Gasteiger partial charge in [0.2, 0.25) is 17.3 Å². The molecule has 1 N–H and O–H groups in total. The van der Waals surface area contributed by atoms with Crippen molar-refractivity contribution in [2.24, 2.45) is 0 Å². The van der Waals surface area contributed by atoms with Crippen LogP contribution in [0.2, 0.25) is 0 Å². The van der Waals surface area contributed by atoms with Crippen molar-refractivity contribution < 1.29 is 9.47 Å². The van der Waals surface area contributed by atoms with Gasteiger partial charge in [0.25, 0.3) is 0 Å². The van der Waals surface area contributed by atoms with Crippen molar-refractivity contribution in [3.63, 3.8) is 0 Å². The molecule has 0 saturated heterocycles. The zero-order valence-corrected chi connectivity index (χ0v) is 17.5. The molecule has 28 heavy (non-hydrogen) atoms. The largest absolute Gasteiger partial charge is 0.496 e. The Morgan fingerprint density at radius 3 is 2.96 bits per heavy atom. The average molecular weight is 457 g/mol. The number of nitrogens with one attached hydrogen (secondary N) is 1. The number of ether oxygens (including phenoxy) is 2. The van der Waals surface area contributed by atoms with Gasteiger partial charge in [0.15, 0.2) is 5.69 Å². The lowest BCUT2D eigenvalue weighted by Crippen LogP contribution is -2.18. The number of benzene rings is 2. The van der Waals surface area contributed by atoms with Crippen molar-refractivity contribution in [1.29, 1.82) is 0 Å². The Morgan fingerprint density at radius 1 is 1.29 bits per heavy atom. The quantitative estimate of drug-likeness (QED) is 0.423. The molecule has 1 aliphatic heterocycles. The third-order valence-corrected chi connectivity index (χ3v) is 5.46. The second-order valence-electron chi connectivity index (χ2n) is 5.92. The molecule has 4 rings (SSSR count). The van der Waals surface area contributed by atoms with Gasteiger partial charge in [0, 0.05) is 21.5 Å². The maximum atomic E-state index is 6.28. The van der Waals surface area contributed by atoms with Gasteiger partial charge in [-0.3, -0.25) is 0 Å². The molecule has 1 aliphatic rings. The molecule has 0 spiro atoms. The number of para-hydroxylation sites is 1. The summed E-state index contributed by atoms with van der Waals surface area (Å²) in [6.07, 6.45) is 1.29. The highest BCUT2D eigenvalue weighted by Crippen LogP contribution is 2.41. The lowest BCUT2D eigenvalue weighted by atomic mass is 10.1. The van der Waals surface area contributed by atoms with Gasteiger partial charge in [-0.2, -0.15) is 4.98 Å². The number of anilines is 1. The van der Waals surface area contributed by atoms with Gasteiger partial charge in [0.05, 0.1) is 12.7 Å². The van der Waals surface area contributed by atoms with E-state index in [0.717, 1.165) is 21.3 Å². The smallest absolute Gasteiger partial charge is 0.247 e. The summed E-state index contributed by atoms with van der Waals surface area (Å²) >= 11 is 4.98. The fourth-order valence-corrected chi connectivity index (χ4v) is 3.78. The van der Waals surface area contributed by atoms with Crippen LogP contribution < -0.4 is 14.8 Å². The summed E-state index contributed by atoms with van der Waals surface area (Å²) in [5.74, 6) is 1.83. The minimum absolute atomic E-state index is 0.422. The number of rotatable bonds is 5. The van der Waals surface area contributed by atoms with Crippen molar-refractivity contribution in [3.8, 4) is 22.9 Å². The predicted molar refractivity (Wildman–Crippen MR) is 114 cm³/mol. The summed E-state index contributed by atoms with van der Waals surface area (Å²) in [7, 11) is 1.64. The molecule has 2 aromatic carbocycles. The van der Waals surface area contributed by atoms with E-state index in [1.807, 2.05) is 42.5 Å². The van der Waals surface area contributed by atoms with Gasteiger partial charge >= 0.3 is 0 Å². The number of aromatic nitrogens is 3. The third kappa shape index (κ3) is 3.70. The Hall–Kier alpha value is -2.58. The van der Waals surface area contributed by atoms with E-state index in [2.05, 4.69) is 43.0 Å². The summed E-state index contributed by atoms with van der Waals surface area (Å²) in [5.41, 5.74) is 3.21. The van der Waals surface area contributed by atoms with Crippen molar-refractivity contribution in [2.75, 3.05) is 18.2 Å². The molecule has 0 amide bonds. The summed E-state index contributed by atoms with van der Waals surface area (Å²) in [6.45, 7) is 3.73. The molecule has 1 atom stereocenters. The minimum Gasteiger partial charge on any atom is -0.496 e. The zero-order chi connectivity index (χ0) is 19.5. The lowest BCUT2D eigenvalue weighted by molar-refractivity contribution is 0.219. The first-order valence-corrected chi connectivity index (χ1v) is 10.3. The molecule has 0 bridgehead atoms. The molecule has 2 heterocycles. The van der Waals surface area contributed by atoms with E-state index in [1.165, 1.54) is 11.8 Å². The van der Waals surface area contributed by atoms with Crippen LogP contribution in [0, 0.1) is 0 Å². The van der Waals surface area contributed by atoms with Crippen molar-refractivity contribution in [1.82, 2.24) is 15.2 Å². The number of thioether (sulfide) groups is 1. The summed E-state index contributed by atoms with van der Waals surface area (Å²) in [4.78, 5) is 4.59. The van der Waals surface area contributed by atoms with Crippen molar-refractivity contribution in [2.45, 2.75) is 11.4 Å². The highest BCUT2D eigenvalue weighted by Gasteiger charge is 2.28. The molecular formula is C20H17BrN4O2S. The van der Waals surface area contributed by atoms with Gasteiger partial charge in [-0.1, -0.05) is 52.0 Å². The first-order valence-electron chi connectivity index (χ1n) is 8.54. The Kier molecular flexibility index (Phi) is 5.50. The zero-order valence-electron chi connectivity index (χ0n) is 15.1. The van der Waals surface area contributed by atoms with Gasteiger partial charge in [0.1, 0.15) is 5.75 Å². The number of hydrogen-bond acceptors (Lipinski definition) is 7. The SMILES string of the molecule is C=CCSc1nnc2c(n1)O[C@@H](c1cc(Br)ccc1OC)Nc1ccccc1-2. The van der Waals surface area contributed by atoms with E-state index >= 15 is 0 Å². The van der Waals surface area contributed by atoms with Gasteiger partial charge in [-0.25, -0.2) is 0 Å². The second-order valence-corrected chi connectivity index (χ2v) is 7.82. The van der Waals surface area contributed by atoms with Crippen LogP contribution in [0.1, 0.15) is 11.8 Å². The molecule has 142 valence electrons. The van der Waals surface area contributed by atoms with Crippen LogP contribution in [0.3, 0.4) is 0 Å². The first kappa shape index (κ1) is 18.8. The van der Waals surface area contributed by atoms with E-state index in [9.17, 15) is 0 Å². The van der Waals surface area contributed by atoms with Crippen LogP contribution in [0.5, 0.6) is 11.6 Å². The highest BCUT2D eigenvalue weighted by atomic mass is 79.9. The molecule has 8 heteroatoms. The predicted octanol–water partition coefficient (Wildman–Crippen LogP) is 5.09. The normalized spacial score (nSPS) is 14.7. The molecule has 0 saturated carbocycles. The molecule has 0 fully saturated rings. The highest BCUT2D eigenvalue weighted by molar-refractivity contribution is 9.10. The minimum atomic E-state index is -0.510. The Balaban J connectivity index is 1.83. The maximum absolute atomic E-state index is 6.28. The van der Waals surface area contributed by atoms with Crippen LogP contribution in [-0.2, 0) is 0 Å². The standard InChI is InChI=1S/C20H17BrN4O2S/c1-3-10-28-20-23-19-17(24-25-20)13-6-4-5-7-15(13)22-18(27-19)14-11-12(21)8-9-16(14)26-2/h3-9,11,18,22H,1,10H2,2H3/t18-/m0/s1. The molecule has 3 aromatic rings. The van der Waals surface area contributed by atoms with Gasteiger partial charge in [-0.15, -0.1) is 16.8 Å². The van der Waals surface area contributed by atoms with Crippen LogP contribution in [0.15, 0.2) is 64.7 Å². The van der Waals surface area contributed by atoms with Crippen LogP contribution >= 0.6 is 27.7 Å². The van der Waals surface area contributed by atoms with Crippen LogP contribution in [0.25, 0.3) is 11.3 Å². The van der Waals surface area contributed by atoms with Crippen LogP contribution in [-0.4, -0.2) is 28.0 Å². The Morgan fingerprint density at radius 2 is 2.14 bits per heavy atom. The lowest BCUT2D eigenvalue weighted by Gasteiger charge is -2.21. The van der Waals surface area contributed by atoms with E-state index in [1.54, 1.807) is 13.2 Å². The average Bonchev–Trinajstić information content (AvgIpc) is 2.88. The Labute approximate surface area is 175 Å². The van der Waals surface area contributed by atoms with E-state index in [0.29, 0.717) is 28.2 Å². The molecule has 0 aliphatic carbocycles. The van der Waals surface area contributed by atoms with E-state index in [4.69, 9.17) is 9.47 Å². The van der Waals surface area contributed by atoms with Crippen molar-refractivity contribution in [3.05, 3.63) is 65.2 Å². The molecule has 6 nitrogen and oxygen atoms in total. The number of fused-ring (bicyclic) bond motifs is 3. The number of halogens is 1. The summed E-state index contributed by atoms with van der Waals surface area (Å²) in [6, 6.07) is 13.6. The maximum Gasteiger partial charge on any atom is 0.247 e. The van der Waals surface area contributed by atoms with Gasteiger partial charge < -0.3 is 14.8 Å². The summed E-state index contributed by atoms with van der Waals surface area (Å²) < 4.78 is 12.7. The van der Waals surface area contributed by atoms with E-state index < -0.39 is 6.23 Å². The fourth-order valence-electron chi connectivity index (χ4n) is 2.89. The second kappa shape index (κ2) is 8.20. The molecule has 0 radical (unpaired) electrons. The number of hydrogen-bond donors (Lipinski definition) is 1. The van der Waals surface area contributed by atoms with E-state index in [-0.39, 0.29) is 0 Å². The topological polar surface area (TPSA) is 69.2 Å². The monoisotopic (exact) mass is 456 g/mol. The number of nitrogens with zero attached hydrogens (tertiary/aromatic N) is 3. The molecule has 0 unspecified atom stereocenters. The van der Waals surface area contributed by atoms with Crippen molar-refractivity contribution >= 4 is 33.4 Å².